The molecule has 1 heterocycles. The van der Waals surface area contributed by atoms with Crippen LogP contribution in [0.15, 0.2) is 53.0 Å². The molecule has 5 heteroatoms. The number of oxazole rings is 1. The lowest BCUT2D eigenvalue weighted by molar-refractivity contribution is -0.116. The van der Waals surface area contributed by atoms with Crippen LogP contribution in [-0.4, -0.2) is 10.9 Å². The SMILES string of the molecule is Cc1ccc(CNC(=O)/C=C/c2nc3ccccc3o2)cc1F. The molecule has 0 aliphatic carbocycles. The summed E-state index contributed by atoms with van der Waals surface area (Å²) in [5.74, 6) is -0.213. The highest BCUT2D eigenvalue weighted by atomic mass is 19.1. The lowest BCUT2D eigenvalue weighted by Crippen LogP contribution is -2.20. The molecule has 0 aliphatic rings. The third-order valence-corrected chi connectivity index (χ3v) is 3.39. The Bertz CT molecular complexity index is 851. The number of fused-ring (bicyclic) bond motifs is 1. The van der Waals surface area contributed by atoms with Crippen molar-refractivity contribution in [2.24, 2.45) is 0 Å². The maximum Gasteiger partial charge on any atom is 0.244 e. The number of carbonyl (C=O) groups is 1. The van der Waals surface area contributed by atoms with Crippen LogP contribution in [0.4, 0.5) is 4.39 Å². The molecule has 23 heavy (non-hydrogen) atoms. The Hall–Kier alpha value is -2.95. The van der Waals surface area contributed by atoms with Crippen LogP contribution in [0.3, 0.4) is 0 Å². The molecule has 3 rings (SSSR count). The third-order valence-electron chi connectivity index (χ3n) is 3.39. The minimum Gasteiger partial charge on any atom is -0.437 e. The van der Waals surface area contributed by atoms with Gasteiger partial charge in [0.1, 0.15) is 11.3 Å². The maximum atomic E-state index is 13.4. The summed E-state index contributed by atoms with van der Waals surface area (Å²) >= 11 is 0. The van der Waals surface area contributed by atoms with Gasteiger partial charge < -0.3 is 9.73 Å². The van der Waals surface area contributed by atoms with Crippen molar-refractivity contribution >= 4 is 23.1 Å². The number of benzene rings is 2. The second-order valence-corrected chi connectivity index (χ2v) is 5.15. The van der Waals surface area contributed by atoms with E-state index in [1.54, 1.807) is 19.1 Å². The van der Waals surface area contributed by atoms with E-state index in [2.05, 4.69) is 10.3 Å². The number of nitrogens with one attached hydrogen (secondary N) is 1. The zero-order valence-corrected chi connectivity index (χ0v) is 12.5. The third kappa shape index (κ3) is 3.63. The van der Waals surface area contributed by atoms with Crippen molar-refractivity contribution in [3.63, 3.8) is 0 Å². The van der Waals surface area contributed by atoms with E-state index in [1.807, 2.05) is 24.3 Å². The van der Waals surface area contributed by atoms with Crippen molar-refractivity contribution in [2.75, 3.05) is 0 Å². The Morgan fingerprint density at radius 3 is 2.91 bits per heavy atom. The fourth-order valence-electron chi connectivity index (χ4n) is 2.10. The van der Waals surface area contributed by atoms with E-state index < -0.39 is 0 Å². The van der Waals surface area contributed by atoms with Crippen molar-refractivity contribution in [3.05, 3.63) is 71.4 Å². The van der Waals surface area contributed by atoms with Crippen molar-refractivity contribution in [3.8, 4) is 0 Å². The fourth-order valence-corrected chi connectivity index (χ4v) is 2.10. The number of aromatic nitrogens is 1. The lowest BCUT2D eigenvalue weighted by atomic mass is 10.1. The molecule has 0 saturated heterocycles. The standard InChI is InChI=1S/C18H15FN2O2/c1-12-6-7-13(10-14(12)19)11-20-17(22)8-9-18-21-15-4-2-3-5-16(15)23-18/h2-10H,11H2,1H3,(H,20,22)/b9-8+. The summed E-state index contributed by atoms with van der Waals surface area (Å²) < 4.78 is 18.9. The van der Waals surface area contributed by atoms with Crippen LogP contribution < -0.4 is 5.32 Å². The van der Waals surface area contributed by atoms with Crippen LogP contribution in [0, 0.1) is 12.7 Å². The van der Waals surface area contributed by atoms with Gasteiger partial charge in [-0.15, -0.1) is 0 Å². The number of nitrogens with zero attached hydrogens (tertiary/aromatic N) is 1. The number of rotatable bonds is 4. The second kappa shape index (κ2) is 6.44. The van der Waals surface area contributed by atoms with Gasteiger partial charge in [0.25, 0.3) is 0 Å². The minimum atomic E-state index is -0.298. The Morgan fingerprint density at radius 2 is 2.13 bits per heavy atom. The molecule has 0 unspecified atom stereocenters. The quantitative estimate of drug-likeness (QED) is 0.749. The van der Waals surface area contributed by atoms with E-state index in [1.165, 1.54) is 18.2 Å². The molecule has 0 radical (unpaired) electrons. The number of hydrogen-bond donors (Lipinski definition) is 1. The molecule has 0 saturated carbocycles. The van der Waals surface area contributed by atoms with Crippen LogP contribution in [0.1, 0.15) is 17.0 Å². The van der Waals surface area contributed by atoms with E-state index in [0.717, 1.165) is 5.52 Å². The zero-order valence-electron chi connectivity index (χ0n) is 12.5. The van der Waals surface area contributed by atoms with Gasteiger partial charge in [-0.25, -0.2) is 9.37 Å². The van der Waals surface area contributed by atoms with Crippen molar-refractivity contribution in [1.82, 2.24) is 10.3 Å². The van der Waals surface area contributed by atoms with E-state index in [0.29, 0.717) is 22.6 Å². The molecule has 2 aromatic carbocycles. The molecule has 116 valence electrons. The predicted molar refractivity (Wildman–Crippen MR) is 86.0 cm³/mol. The zero-order chi connectivity index (χ0) is 16.2. The van der Waals surface area contributed by atoms with Gasteiger partial charge in [0.05, 0.1) is 0 Å². The van der Waals surface area contributed by atoms with Gasteiger partial charge >= 0.3 is 0 Å². The molecule has 1 N–H and O–H groups in total. The first-order chi connectivity index (χ1) is 11.1. The first-order valence-corrected chi connectivity index (χ1v) is 7.18. The first kappa shape index (κ1) is 15.0. The number of carbonyl (C=O) groups excluding carboxylic acids is 1. The molecular weight excluding hydrogens is 295 g/mol. The Balaban J connectivity index is 1.61. The van der Waals surface area contributed by atoms with Gasteiger partial charge in [0.15, 0.2) is 5.58 Å². The van der Waals surface area contributed by atoms with E-state index in [4.69, 9.17) is 4.42 Å². The number of halogens is 1. The van der Waals surface area contributed by atoms with Crippen LogP contribution in [0.5, 0.6) is 0 Å². The van der Waals surface area contributed by atoms with Gasteiger partial charge in [-0.1, -0.05) is 24.3 Å². The summed E-state index contributed by atoms with van der Waals surface area (Å²) in [6.45, 7) is 1.95. The van der Waals surface area contributed by atoms with Gasteiger partial charge in [-0.3, -0.25) is 4.79 Å². The van der Waals surface area contributed by atoms with Crippen molar-refractivity contribution in [2.45, 2.75) is 13.5 Å². The van der Waals surface area contributed by atoms with Crippen LogP contribution in [0.25, 0.3) is 17.2 Å². The van der Waals surface area contributed by atoms with Crippen molar-refractivity contribution in [1.29, 1.82) is 0 Å². The molecule has 0 fully saturated rings. The molecule has 1 aromatic heterocycles. The summed E-state index contributed by atoms with van der Waals surface area (Å²) in [5, 5.41) is 2.69. The topological polar surface area (TPSA) is 55.1 Å². The molecule has 3 aromatic rings. The highest BCUT2D eigenvalue weighted by molar-refractivity contribution is 5.91. The van der Waals surface area contributed by atoms with Gasteiger partial charge in [-0.05, 0) is 36.2 Å². The predicted octanol–water partition coefficient (Wildman–Crippen LogP) is 3.60. The number of amides is 1. The first-order valence-electron chi connectivity index (χ1n) is 7.18. The Labute approximate surface area is 132 Å². The monoisotopic (exact) mass is 310 g/mol. The largest absolute Gasteiger partial charge is 0.437 e. The summed E-state index contributed by atoms with van der Waals surface area (Å²) in [6, 6.07) is 12.3. The number of para-hydroxylation sites is 2. The van der Waals surface area contributed by atoms with Crippen LogP contribution >= 0.6 is 0 Å². The molecular formula is C18H15FN2O2. The van der Waals surface area contributed by atoms with Crippen molar-refractivity contribution < 1.29 is 13.6 Å². The fraction of sp³-hybridized carbons (Fsp3) is 0.111. The number of hydrogen-bond acceptors (Lipinski definition) is 3. The normalized spacial score (nSPS) is 11.2. The van der Waals surface area contributed by atoms with Gasteiger partial charge in [0, 0.05) is 18.7 Å². The minimum absolute atomic E-state index is 0.258. The number of aryl methyl sites for hydroxylation is 1. The summed E-state index contributed by atoms with van der Waals surface area (Å²) in [4.78, 5) is 16.0. The maximum absolute atomic E-state index is 13.4. The highest BCUT2D eigenvalue weighted by Gasteiger charge is 2.03. The van der Waals surface area contributed by atoms with Gasteiger partial charge in [-0.2, -0.15) is 0 Å². The highest BCUT2D eigenvalue weighted by Crippen LogP contribution is 2.15. The molecule has 0 aliphatic heterocycles. The van der Waals surface area contributed by atoms with E-state index in [-0.39, 0.29) is 18.3 Å². The average molecular weight is 310 g/mol. The van der Waals surface area contributed by atoms with E-state index >= 15 is 0 Å². The molecule has 0 atom stereocenters. The van der Waals surface area contributed by atoms with Crippen LogP contribution in [0.2, 0.25) is 0 Å². The van der Waals surface area contributed by atoms with Gasteiger partial charge in [0.2, 0.25) is 11.8 Å². The Morgan fingerprint density at radius 1 is 1.30 bits per heavy atom. The summed E-state index contributed by atoms with van der Waals surface area (Å²) in [7, 11) is 0. The smallest absolute Gasteiger partial charge is 0.244 e. The van der Waals surface area contributed by atoms with Crippen LogP contribution in [-0.2, 0) is 11.3 Å². The molecule has 4 nitrogen and oxygen atoms in total. The lowest BCUT2D eigenvalue weighted by Gasteiger charge is -2.04. The summed E-state index contributed by atoms with van der Waals surface area (Å²) in [6.07, 6.45) is 2.85. The molecule has 0 bridgehead atoms. The Kier molecular flexibility index (Phi) is 4.19. The second-order valence-electron chi connectivity index (χ2n) is 5.15. The molecule has 0 spiro atoms. The average Bonchev–Trinajstić information content (AvgIpc) is 2.97. The van der Waals surface area contributed by atoms with E-state index in [9.17, 15) is 9.18 Å². The summed E-state index contributed by atoms with van der Waals surface area (Å²) in [5.41, 5.74) is 2.69. The molecule has 1 amide bonds.